The van der Waals surface area contributed by atoms with Crippen molar-refractivity contribution >= 4 is 15.9 Å². The predicted octanol–water partition coefficient (Wildman–Crippen LogP) is 2.97. The summed E-state index contributed by atoms with van der Waals surface area (Å²) in [5.74, 6) is 0.270. The van der Waals surface area contributed by atoms with Crippen LogP contribution in [-0.4, -0.2) is 28.2 Å². The molecule has 0 radical (unpaired) electrons. The van der Waals surface area contributed by atoms with Crippen LogP contribution >= 0.6 is 15.9 Å². The number of rotatable bonds is 5. The third-order valence-corrected chi connectivity index (χ3v) is 2.74. The molecule has 0 saturated heterocycles. The van der Waals surface area contributed by atoms with E-state index in [0.717, 1.165) is 6.42 Å². The first-order chi connectivity index (χ1) is 6.26. The molecule has 0 aromatic carbocycles. The summed E-state index contributed by atoms with van der Waals surface area (Å²) in [6.07, 6.45) is 0.809. The number of halogens is 1. The molecule has 0 heterocycles. The van der Waals surface area contributed by atoms with E-state index < -0.39 is 0 Å². The highest BCUT2D eigenvalue weighted by molar-refractivity contribution is 9.09. The molecule has 0 spiro atoms. The maximum absolute atomic E-state index is 9.57. The van der Waals surface area contributed by atoms with Crippen LogP contribution in [0.25, 0.3) is 0 Å². The van der Waals surface area contributed by atoms with Crippen molar-refractivity contribution in [1.82, 2.24) is 0 Å². The van der Waals surface area contributed by atoms with Gasteiger partial charge in [0.15, 0.2) is 0 Å². The number of hydrogen-bond acceptors (Lipinski definition) is 2. The van der Waals surface area contributed by atoms with E-state index in [1.54, 1.807) is 0 Å². The van der Waals surface area contributed by atoms with E-state index in [2.05, 4.69) is 50.5 Å². The fraction of sp³-hybridized carbons (Fsp3) is 1.00. The number of aliphatic hydroxyl groups excluding tert-OH is 1. The zero-order chi connectivity index (χ0) is 11.4. The Balaban J connectivity index is 3.88. The van der Waals surface area contributed by atoms with Crippen LogP contribution in [0.4, 0.5) is 0 Å². The smallest absolute Gasteiger partial charge is 0.0663 e. The second-order valence-corrected chi connectivity index (χ2v) is 5.62. The van der Waals surface area contributed by atoms with E-state index >= 15 is 0 Å². The Morgan fingerprint density at radius 3 is 2.14 bits per heavy atom. The lowest BCUT2D eigenvalue weighted by atomic mass is 9.99. The molecule has 14 heavy (non-hydrogen) atoms. The van der Waals surface area contributed by atoms with Gasteiger partial charge in [-0.25, -0.2) is 0 Å². The molecule has 0 bridgehead atoms. The van der Waals surface area contributed by atoms with Gasteiger partial charge in [0.2, 0.25) is 0 Å². The summed E-state index contributed by atoms with van der Waals surface area (Å²) in [5, 5.41) is 10.2. The van der Waals surface area contributed by atoms with Crippen LogP contribution in [0.5, 0.6) is 0 Å². The summed E-state index contributed by atoms with van der Waals surface area (Å²) in [5.41, 5.74) is -0.0987. The maximum Gasteiger partial charge on any atom is 0.0663 e. The summed E-state index contributed by atoms with van der Waals surface area (Å²) >= 11 is 3.28. The fourth-order valence-corrected chi connectivity index (χ4v) is 2.12. The quantitative estimate of drug-likeness (QED) is 0.776. The Morgan fingerprint density at radius 2 is 1.79 bits per heavy atom. The third-order valence-electron chi connectivity index (χ3n) is 2.07. The standard InChI is InChI=1S/C11H23BrO2/c1-8(10(13)7-12)6-9(2)14-11(3,4)5/h8-10,13H,6-7H2,1-5H3/t8?,9?,10-/m0/s1. The third kappa shape index (κ3) is 6.80. The molecule has 0 saturated carbocycles. The number of hydrogen-bond donors (Lipinski definition) is 1. The van der Waals surface area contributed by atoms with Gasteiger partial charge in [-0.2, -0.15) is 0 Å². The van der Waals surface area contributed by atoms with Gasteiger partial charge in [-0.05, 0) is 40.0 Å². The van der Waals surface area contributed by atoms with E-state index in [0.29, 0.717) is 5.33 Å². The predicted molar refractivity (Wildman–Crippen MR) is 63.9 cm³/mol. The minimum absolute atomic E-state index is 0.0987. The van der Waals surface area contributed by atoms with Gasteiger partial charge in [-0.15, -0.1) is 0 Å². The first-order valence-electron chi connectivity index (χ1n) is 5.18. The minimum atomic E-state index is -0.277. The highest BCUT2D eigenvalue weighted by atomic mass is 79.9. The zero-order valence-corrected chi connectivity index (χ0v) is 11.5. The molecule has 3 heteroatoms. The van der Waals surface area contributed by atoms with E-state index in [1.165, 1.54) is 0 Å². The topological polar surface area (TPSA) is 29.5 Å². The normalized spacial score (nSPS) is 19.1. The maximum atomic E-state index is 9.57. The van der Waals surface area contributed by atoms with Crippen LogP contribution in [0.15, 0.2) is 0 Å². The Kier molecular flexibility index (Phi) is 6.26. The van der Waals surface area contributed by atoms with Crippen LogP contribution in [0.2, 0.25) is 0 Å². The van der Waals surface area contributed by atoms with Crippen molar-refractivity contribution in [3.63, 3.8) is 0 Å². The second-order valence-electron chi connectivity index (χ2n) is 4.98. The molecule has 1 N–H and O–H groups in total. The minimum Gasteiger partial charge on any atom is -0.392 e. The van der Waals surface area contributed by atoms with Gasteiger partial charge in [0, 0.05) is 5.33 Å². The number of ether oxygens (including phenoxy) is 1. The summed E-state index contributed by atoms with van der Waals surface area (Å²) in [7, 11) is 0. The van der Waals surface area contributed by atoms with Gasteiger partial charge in [-0.1, -0.05) is 22.9 Å². The first-order valence-corrected chi connectivity index (χ1v) is 6.30. The average molecular weight is 267 g/mol. The fourth-order valence-electron chi connectivity index (χ4n) is 1.48. The summed E-state index contributed by atoms with van der Waals surface area (Å²) in [4.78, 5) is 0. The SMILES string of the molecule is CC(CC(C)[C@@H](O)CBr)OC(C)(C)C. The van der Waals surface area contributed by atoms with Crippen LogP contribution in [0.3, 0.4) is 0 Å². The van der Waals surface area contributed by atoms with Crippen molar-refractivity contribution in [2.75, 3.05) is 5.33 Å². The number of alkyl halides is 1. The summed E-state index contributed by atoms with van der Waals surface area (Å²) in [6, 6.07) is 0. The first kappa shape index (κ1) is 14.4. The highest BCUT2D eigenvalue weighted by Gasteiger charge is 2.20. The lowest BCUT2D eigenvalue weighted by molar-refractivity contribution is -0.0650. The number of aliphatic hydroxyl groups is 1. The van der Waals surface area contributed by atoms with Gasteiger partial charge in [0.1, 0.15) is 0 Å². The lowest BCUT2D eigenvalue weighted by Gasteiger charge is -2.28. The van der Waals surface area contributed by atoms with E-state index in [1.807, 2.05) is 0 Å². The van der Waals surface area contributed by atoms with Crippen molar-refractivity contribution in [3.8, 4) is 0 Å². The summed E-state index contributed by atoms with van der Waals surface area (Å²) in [6.45, 7) is 10.3. The monoisotopic (exact) mass is 266 g/mol. The molecule has 2 nitrogen and oxygen atoms in total. The average Bonchev–Trinajstić information content (AvgIpc) is 1.99. The van der Waals surface area contributed by atoms with Crippen molar-refractivity contribution in [1.29, 1.82) is 0 Å². The zero-order valence-electron chi connectivity index (χ0n) is 9.88. The largest absolute Gasteiger partial charge is 0.392 e. The highest BCUT2D eigenvalue weighted by Crippen LogP contribution is 2.19. The van der Waals surface area contributed by atoms with Crippen LogP contribution < -0.4 is 0 Å². The Morgan fingerprint density at radius 1 is 1.29 bits per heavy atom. The molecular formula is C11H23BrO2. The van der Waals surface area contributed by atoms with Crippen molar-refractivity contribution in [2.45, 2.75) is 58.8 Å². The van der Waals surface area contributed by atoms with Crippen molar-refractivity contribution in [2.24, 2.45) is 5.92 Å². The Bertz CT molecular complexity index is 154. The van der Waals surface area contributed by atoms with Gasteiger partial charge < -0.3 is 9.84 Å². The molecule has 3 atom stereocenters. The second kappa shape index (κ2) is 6.09. The molecule has 0 aliphatic heterocycles. The van der Waals surface area contributed by atoms with Gasteiger partial charge in [0.05, 0.1) is 17.8 Å². The van der Waals surface area contributed by atoms with E-state index in [4.69, 9.17) is 4.74 Å². The van der Waals surface area contributed by atoms with Gasteiger partial charge in [-0.3, -0.25) is 0 Å². The molecule has 0 aromatic heterocycles. The molecule has 0 aromatic rings. The van der Waals surface area contributed by atoms with Crippen LogP contribution in [0.1, 0.15) is 41.0 Å². The molecule has 2 unspecified atom stereocenters. The van der Waals surface area contributed by atoms with Gasteiger partial charge in [0.25, 0.3) is 0 Å². The summed E-state index contributed by atoms with van der Waals surface area (Å²) < 4.78 is 5.78. The Labute approximate surface area is 96.2 Å². The van der Waals surface area contributed by atoms with E-state index in [-0.39, 0.29) is 23.7 Å². The molecule has 86 valence electrons. The Hall–Kier alpha value is 0.400. The molecule has 0 rings (SSSR count). The molecule has 0 aliphatic rings. The molecule has 0 amide bonds. The van der Waals surface area contributed by atoms with Crippen molar-refractivity contribution in [3.05, 3.63) is 0 Å². The van der Waals surface area contributed by atoms with E-state index in [9.17, 15) is 5.11 Å². The van der Waals surface area contributed by atoms with Crippen LogP contribution in [-0.2, 0) is 4.74 Å². The lowest BCUT2D eigenvalue weighted by Crippen LogP contribution is -2.29. The van der Waals surface area contributed by atoms with Crippen molar-refractivity contribution < 1.29 is 9.84 Å². The molecular weight excluding hydrogens is 244 g/mol. The van der Waals surface area contributed by atoms with Crippen LogP contribution in [0, 0.1) is 5.92 Å². The van der Waals surface area contributed by atoms with Gasteiger partial charge >= 0.3 is 0 Å². The molecule has 0 aliphatic carbocycles. The molecule has 0 fully saturated rings.